The highest BCUT2D eigenvalue weighted by Gasteiger charge is 2.19. The highest BCUT2D eigenvalue weighted by atomic mass is 16.2. The highest BCUT2D eigenvalue weighted by Crippen LogP contribution is 2.00. The van der Waals surface area contributed by atoms with Gasteiger partial charge >= 0.3 is 0 Å². The first-order valence-electron chi connectivity index (χ1n) is 5.72. The smallest absolute Gasteiger partial charge is 0.234 e. The molecule has 0 spiro atoms. The molecule has 1 rings (SSSR count). The number of hydrogen-bond donors (Lipinski definition) is 2. The Kier molecular flexibility index (Phi) is 5.65. The molecule has 3 N–H and O–H groups in total. The van der Waals surface area contributed by atoms with Gasteiger partial charge in [0.1, 0.15) is 0 Å². The molecule has 0 bridgehead atoms. The van der Waals surface area contributed by atoms with Crippen molar-refractivity contribution in [3.63, 3.8) is 0 Å². The van der Waals surface area contributed by atoms with Crippen LogP contribution in [0.15, 0.2) is 12.7 Å². The molecule has 0 aromatic carbocycles. The van der Waals surface area contributed by atoms with Crippen LogP contribution < -0.4 is 11.1 Å². The number of piperazine rings is 1. The Bertz CT molecular complexity index is 285. The van der Waals surface area contributed by atoms with Crippen LogP contribution in [0.2, 0.25) is 0 Å². The predicted octanol–water partition coefficient (Wildman–Crippen LogP) is -1.61. The molecular formula is C11H20N4O2. The Labute approximate surface area is 101 Å². The fourth-order valence-corrected chi connectivity index (χ4v) is 1.77. The van der Waals surface area contributed by atoms with E-state index in [1.807, 2.05) is 4.90 Å². The summed E-state index contributed by atoms with van der Waals surface area (Å²) in [5.74, 6) is -0.296. The van der Waals surface area contributed by atoms with Gasteiger partial charge in [-0.15, -0.1) is 6.58 Å². The number of primary amides is 1. The Balaban J connectivity index is 2.20. The van der Waals surface area contributed by atoms with E-state index in [4.69, 9.17) is 5.73 Å². The van der Waals surface area contributed by atoms with Gasteiger partial charge in [0.25, 0.3) is 0 Å². The lowest BCUT2D eigenvalue weighted by Crippen LogP contribution is -2.51. The van der Waals surface area contributed by atoms with Gasteiger partial charge in [0.2, 0.25) is 11.8 Å². The van der Waals surface area contributed by atoms with Crippen molar-refractivity contribution in [3.05, 3.63) is 12.7 Å². The number of amides is 2. The zero-order valence-corrected chi connectivity index (χ0v) is 10.0. The standard InChI is InChI=1S/C11H20N4O2/c1-2-3-13-11(17)9-15-6-4-14(5-7-15)8-10(12)16/h2H,1,3-9H2,(H2,12,16)(H,13,17). The largest absolute Gasteiger partial charge is 0.369 e. The van der Waals surface area contributed by atoms with Crippen molar-refractivity contribution in [2.45, 2.75) is 0 Å². The summed E-state index contributed by atoms with van der Waals surface area (Å²) in [5, 5.41) is 2.74. The Morgan fingerprint density at radius 1 is 1.18 bits per heavy atom. The molecule has 0 saturated carbocycles. The topological polar surface area (TPSA) is 78.7 Å². The molecule has 0 unspecified atom stereocenters. The summed E-state index contributed by atoms with van der Waals surface area (Å²) in [6.45, 7) is 7.87. The predicted molar refractivity (Wildman–Crippen MR) is 65.3 cm³/mol. The molecule has 0 aromatic rings. The molecule has 0 radical (unpaired) electrons. The van der Waals surface area contributed by atoms with E-state index in [1.165, 1.54) is 0 Å². The summed E-state index contributed by atoms with van der Waals surface area (Å²) < 4.78 is 0. The second kappa shape index (κ2) is 7.03. The van der Waals surface area contributed by atoms with Crippen LogP contribution in [0.4, 0.5) is 0 Å². The van der Waals surface area contributed by atoms with Crippen LogP contribution in [0.5, 0.6) is 0 Å². The van der Waals surface area contributed by atoms with Crippen LogP contribution in [0.3, 0.4) is 0 Å². The van der Waals surface area contributed by atoms with Gasteiger partial charge in [0, 0.05) is 32.7 Å². The average Bonchev–Trinajstić information content (AvgIpc) is 2.28. The second-order valence-electron chi connectivity index (χ2n) is 4.11. The van der Waals surface area contributed by atoms with Gasteiger partial charge in [-0.25, -0.2) is 0 Å². The molecule has 0 atom stereocenters. The number of rotatable bonds is 6. The van der Waals surface area contributed by atoms with Crippen LogP contribution >= 0.6 is 0 Å². The van der Waals surface area contributed by atoms with Crippen molar-refractivity contribution in [1.82, 2.24) is 15.1 Å². The summed E-state index contributed by atoms with van der Waals surface area (Å²) in [7, 11) is 0. The highest BCUT2D eigenvalue weighted by molar-refractivity contribution is 5.78. The summed E-state index contributed by atoms with van der Waals surface area (Å²) in [6.07, 6.45) is 1.66. The van der Waals surface area contributed by atoms with E-state index in [0.717, 1.165) is 26.2 Å². The molecule has 1 fully saturated rings. The Hall–Kier alpha value is -1.40. The Morgan fingerprint density at radius 2 is 1.71 bits per heavy atom. The second-order valence-corrected chi connectivity index (χ2v) is 4.11. The monoisotopic (exact) mass is 240 g/mol. The third-order valence-corrected chi connectivity index (χ3v) is 2.66. The molecule has 96 valence electrons. The van der Waals surface area contributed by atoms with Gasteiger partial charge in [0.15, 0.2) is 0 Å². The number of carbonyl (C=O) groups excluding carboxylic acids is 2. The van der Waals surface area contributed by atoms with Crippen molar-refractivity contribution >= 4 is 11.8 Å². The van der Waals surface area contributed by atoms with E-state index in [0.29, 0.717) is 19.6 Å². The first-order valence-corrected chi connectivity index (χ1v) is 5.72. The lowest BCUT2D eigenvalue weighted by Gasteiger charge is -2.33. The van der Waals surface area contributed by atoms with E-state index in [2.05, 4.69) is 16.8 Å². The Morgan fingerprint density at radius 3 is 2.18 bits per heavy atom. The van der Waals surface area contributed by atoms with Gasteiger partial charge in [-0.2, -0.15) is 0 Å². The third-order valence-electron chi connectivity index (χ3n) is 2.66. The number of hydrogen-bond acceptors (Lipinski definition) is 4. The molecular weight excluding hydrogens is 220 g/mol. The van der Waals surface area contributed by atoms with Crippen LogP contribution in [0.25, 0.3) is 0 Å². The normalized spacial score (nSPS) is 17.6. The molecule has 1 saturated heterocycles. The minimum Gasteiger partial charge on any atom is -0.369 e. The van der Waals surface area contributed by atoms with E-state index in [-0.39, 0.29) is 11.8 Å². The first kappa shape index (κ1) is 13.7. The van der Waals surface area contributed by atoms with Crippen LogP contribution in [-0.4, -0.2) is 67.4 Å². The van der Waals surface area contributed by atoms with E-state index < -0.39 is 0 Å². The van der Waals surface area contributed by atoms with Crippen molar-refractivity contribution < 1.29 is 9.59 Å². The maximum absolute atomic E-state index is 11.4. The maximum Gasteiger partial charge on any atom is 0.234 e. The zero-order valence-electron chi connectivity index (χ0n) is 10.0. The average molecular weight is 240 g/mol. The molecule has 0 aromatic heterocycles. The molecule has 1 aliphatic heterocycles. The van der Waals surface area contributed by atoms with Gasteiger partial charge in [-0.3, -0.25) is 19.4 Å². The number of nitrogens with two attached hydrogens (primary N) is 1. The summed E-state index contributed by atoms with van der Waals surface area (Å²) >= 11 is 0. The minimum absolute atomic E-state index is 0.00764. The summed E-state index contributed by atoms with van der Waals surface area (Å²) in [5.41, 5.74) is 5.13. The zero-order chi connectivity index (χ0) is 12.7. The minimum atomic E-state index is -0.304. The fraction of sp³-hybridized carbons (Fsp3) is 0.636. The van der Waals surface area contributed by atoms with E-state index >= 15 is 0 Å². The quantitative estimate of drug-likeness (QED) is 0.548. The molecule has 2 amide bonds. The lowest BCUT2D eigenvalue weighted by atomic mass is 10.3. The number of nitrogens with zero attached hydrogens (tertiary/aromatic N) is 2. The summed E-state index contributed by atoms with van der Waals surface area (Å²) in [6, 6.07) is 0. The molecule has 6 heteroatoms. The van der Waals surface area contributed by atoms with Crippen molar-refractivity contribution in [1.29, 1.82) is 0 Å². The van der Waals surface area contributed by atoms with Crippen LogP contribution in [-0.2, 0) is 9.59 Å². The van der Waals surface area contributed by atoms with Gasteiger partial charge < -0.3 is 11.1 Å². The van der Waals surface area contributed by atoms with E-state index in [1.54, 1.807) is 6.08 Å². The van der Waals surface area contributed by atoms with Crippen molar-refractivity contribution in [3.8, 4) is 0 Å². The van der Waals surface area contributed by atoms with Crippen LogP contribution in [0.1, 0.15) is 0 Å². The molecule has 17 heavy (non-hydrogen) atoms. The molecule has 1 heterocycles. The molecule has 0 aliphatic carbocycles. The summed E-state index contributed by atoms with van der Waals surface area (Å²) in [4.78, 5) is 26.2. The van der Waals surface area contributed by atoms with Gasteiger partial charge in [-0.05, 0) is 0 Å². The lowest BCUT2D eigenvalue weighted by molar-refractivity contribution is -0.123. The van der Waals surface area contributed by atoms with Crippen LogP contribution in [0, 0.1) is 0 Å². The van der Waals surface area contributed by atoms with Gasteiger partial charge in [0.05, 0.1) is 13.1 Å². The SMILES string of the molecule is C=CCNC(=O)CN1CCN(CC(N)=O)CC1. The number of carbonyl (C=O) groups is 2. The molecule has 6 nitrogen and oxygen atoms in total. The van der Waals surface area contributed by atoms with E-state index in [9.17, 15) is 9.59 Å². The third kappa shape index (κ3) is 5.46. The van der Waals surface area contributed by atoms with Crippen molar-refractivity contribution in [2.75, 3.05) is 45.8 Å². The number of nitrogens with one attached hydrogen (secondary N) is 1. The fourth-order valence-electron chi connectivity index (χ4n) is 1.77. The maximum atomic E-state index is 11.4. The molecule has 1 aliphatic rings. The van der Waals surface area contributed by atoms with Crippen molar-refractivity contribution in [2.24, 2.45) is 5.73 Å². The van der Waals surface area contributed by atoms with Gasteiger partial charge in [-0.1, -0.05) is 6.08 Å². The first-order chi connectivity index (χ1) is 8.11.